The van der Waals surface area contributed by atoms with Gasteiger partial charge in [-0.15, -0.1) is 0 Å². The largest absolute Gasteiger partial charge is 0.462 e. The monoisotopic (exact) mass is 285 g/mol. The highest BCUT2D eigenvalue weighted by Gasteiger charge is 2.30. The zero-order chi connectivity index (χ0) is 14.6. The van der Waals surface area contributed by atoms with Gasteiger partial charge in [-0.1, -0.05) is 12.1 Å². The first-order valence-corrected chi connectivity index (χ1v) is 7.70. The molecule has 0 aliphatic rings. The van der Waals surface area contributed by atoms with Crippen molar-refractivity contribution < 1.29 is 17.9 Å². The SMILES string of the molecule is CC(C)OC(=O)C(C)S(=O)(=O)Cc1ccc(N)cc1. The van der Waals surface area contributed by atoms with Crippen LogP contribution in [0.4, 0.5) is 5.69 Å². The predicted octanol–water partition coefficient (Wildman–Crippen LogP) is 1.52. The highest BCUT2D eigenvalue weighted by atomic mass is 32.2. The zero-order valence-corrected chi connectivity index (χ0v) is 12.1. The number of sulfone groups is 1. The molecular weight excluding hydrogens is 266 g/mol. The van der Waals surface area contributed by atoms with E-state index < -0.39 is 21.1 Å². The zero-order valence-electron chi connectivity index (χ0n) is 11.3. The van der Waals surface area contributed by atoms with Gasteiger partial charge in [0.2, 0.25) is 0 Å². The molecule has 0 fully saturated rings. The lowest BCUT2D eigenvalue weighted by atomic mass is 10.2. The van der Waals surface area contributed by atoms with Gasteiger partial charge in [-0.25, -0.2) is 8.42 Å². The number of ether oxygens (including phenoxy) is 1. The second kappa shape index (κ2) is 6.06. The second-order valence-corrected chi connectivity index (χ2v) is 7.00. The smallest absolute Gasteiger partial charge is 0.324 e. The Balaban J connectivity index is 2.80. The van der Waals surface area contributed by atoms with Crippen molar-refractivity contribution in [2.24, 2.45) is 0 Å². The Morgan fingerprint density at radius 3 is 2.21 bits per heavy atom. The molecule has 106 valence electrons. The van der Waals surface area contributed by atoms with E-state index in [1.807, 2.05) is 0 Å². The molecular formula is C13H19NO4S. The quantitative estimate of drug-likeness (QED) is 0.655. The molecule has 6 heteroatoms. The maximum Gasteiger partial charge on any atom is 0.324 e. The van der Waals surface area contributed by atoms with E-state index >= 15 is 0 Å². The Bertz CT molecular complexity index is 534. The van der Waals surface area contributed by atoms with Crippen LogP contribution in [-0.2, 0) is 25.1 Å². The number of nitrogen functional groups attached to an aromatic ring is 1. The lowest BCUT2D eigenvalue weighted by Crippen LogP contribution is -2.31. The summed E-state index contributed by atoms with van der Waals surface area (Å²) in [5.41, 5.74) is 6.69. The first-order chi connectivity index (χ1) is 8.72. The van der Waals surface area contributed by atoms with Crippen molar-refractivity contribution in [2.75, 3.05) is 5.73 Å². The van der Waals surface area contributed by atoms with E-state index in [1.165, 1.54) is 6.92 Å². The van der Waals surface area contributed by atoms with Crippen molar-refractivity contribution in [3.05, 3.63) is 29.8 Å². The number of nitrogens with two attached hydrogens (primary N) is 1. The van der Waals surface area contributed by atoms with Crippen LogP contribution in [0.5, 0.6) is 0 Å². The number of anilines is 1. The number of carbonyl (C=O) groups is 1. The predicted molar refractivity (Wildman–Crippen MR) is 74.2 cm³/mol. The van der Waals surface area contributed by atoms with Crippen LogP contribution < -0.4 is 5.73 Å². The van der Waals surface area contributed by atoms with Crippen LogP contribution in [0.2, 0.25) is 0 Å². The first-order valence-electron chi connectivity index (χ1n) is 5.99. The van der Waals surface area contributed by atoms with E-state index in [9.17, 15) is 13.2 Å². The molecule has 1 atom stereocenters. The van der Waals surface area contributed by atoms with Crippen LogP contribution in [0.3, 0.4) is 0 Å². The Labute approximate surface area is 113 Å². The fraction of sp³-hybridized carbons (Fsp3) is 0.462. The molecule has 0 aromatic heterocycles. The number of benzene rings is 1. The highest BCUT2D eigenvalue weighted by Crippen LogP contribution is 2.14. The van der Waals surface area contributed by atoms with E-state index in [2.05, 4.69) is 0 Å². The average molecular weight is 285 g/mol. The number of hydrogen-bond donors (Lipinski definition) is 1. The molecule has 19 heavy (non-hydrogen) atoms. The van der Waals surface area contributed by atoms with E-state index in [0.29, 0.717) is 11.3 Å². The van der Waals surface area contributed by atoms with Crippen molar-refractivity contribution >= 4 is 21.5 Å². The number of rotatable bonds is 5. The second-order valence-electron chi connectivity index (χ2n) is 4.68. The van der Waals surface area contributed by atoms with E-state index in [-0.39, 0.29) is 11.9 Å². The van der Waals surface area contributed by atoms with Gasteiger partial charge in [0.25, 0.3) is 0 Å². The van der Waals surface area contributed by atoms with Crippen LogP contribution in [0, 0.1) is 0 Å². The minimum Gasteiger partial charge on any atom is -0.462 e. The van der Waals surface area contributed by atoms with E-state index in [1.54, 1.807) is 38.1 Å². The molecule has 1 unspecified atom stereocenters. The minimum absolute atomic E-state index is 0.207. The first kappa shape index (κ1) is 15.5. The minimum atomic E-state index is -3.59. The summed E-state index contributed by atoms with van der Waals surface area (Å²) in [5.74, 6) is -0.924. The molecule has 0 heterocycles. The van der Waals surface area contributed by atoms with Gasteiger partial charge in [-0.05, 0) is 38.5 Å². The molecule has 0 aliphatic heterocycles. The third kappa shape index (κ3) is 4.55. The summed E-state index contributed by atoms with van der Waals surface area (Å²) in [6, 6.07) is 6.52. The maximum absolute atomic E-state index is 12.1. The van der Waals surface area contributed by atoms with Crippen LogP contribution in [-0.4, -0.2) is 25.7 Å². The van der Waals surface area contributed by atoms with Gasteiger partial charge in [0, 0.05) is 5.69 Å². The Hall–Kier alpha value is -1.56. The summed E-state index contributed by atoms with van der Waals surface area (Å²) in [6.07, 6.45) is -0.332. The number of hydrogen-bond acceptors (Lipinski definition) is 5. The maximum atomic E-state index is 12.1. The molecule has 0 amide bonds. The third-order valence-corrected chi connectivity index (χ3v) is 4.58. The molecule has 1 aromatic rings. The van der Waals surface area contributed by atoms with Gasteiger partial charge in [0.1, 0.15) is 0 Å². The van der Waals surface area contributed by atoms with Crippen molar-refractivity contribution in [3.63, 3.8) is 0 Å². The topological polar surface area (TPSA) is 86.5 Å². The van der Waals surface area contributed by atoms with Gasteiger partial charge in [0.15, 0.2) is 15.1 Å². The molecule has 0 radical (unpaired) electrons. The molecule has 0 bridgehead atoms. The van der Waals surface area contributed by atoms with E-state index in [0.717, 1.165) is 0 Å². The van der Waals surface area contributed by atoms with Crippen LogP contribution >= 0.6 is 0 Å². The van der Waals surface area contributed by atoms with Gasteiger partial charge >= 0.3 is 5.97 Å². The Morgan fingerprint density at radius 1 is 1.21 bits per heavy atom. The van der Waals surface area contributed by atoms with Crippen molar-refractivity contribution in [3.8, 4) is 0 Å². The lowest BCUT2D eigenvalue weighted by Gasteiger charge is -2.14. The highest BCUT2D eigenvalue weighted by molar-refractivity contribution is 7.92. The third-order valence-electron chi connectivity index (χ3n) is 2.57. The number of esters is 1. The summed E-state index contributed by atoms with van der Waals surface area (Å²) in [6.45, 7) is 4.70. The van der Waals surface area contributed by atoms with Gasteiger partial charge in [-0.2, -0.15) is 0 Å². The average Bonchev–Trinajstić information content (AvgIpc) is 2.30. The molecule has 1 rings (SSSR count). The van der Waals surface area contributed by atoms with Gasteiger partial charge in [-0.3, -0.25) is 4.79 Å². The van der Waals surface area contributed by atoms with Gasteiger partial charge in [0.05, 0.1) is 11.9 Å². The summed E-state index contributed by atoms with van der Waals surface area (Å²) in [5, 5.41) is -1.17. The fourth-order valence-electron chi connectivity index (χ4n) is 1.45. The molecule has 1 aromatic carbocycles. The molecule has 0 aliphatic carbocycles. The summed E-state index contributed by atoms with van der Waals surface area (Å²) >= 11 is 0. The Kier molecular flexibility index (Phi) is 4.94. The standard InChI is InChI=1S/C13H19NO4S/c1-9(2)18-13(15)10(3)19(16,17)8-11-4-6-12(14)7-5-11/h4-7,9-10H,8,14H2,1-3H3. The molecule has 5 nitrogen and oxygen atoms in total. The molecule has 2 N–H and O–H groups in total. The van der Waals surface area contributed by atoms with Crippen LogP contribution in [0.1, 0.15) is 26.3 Å². The lowest BCUT2D eigenvalue weighted by molar-refractivity contribution is -0.146. The molecule has 0 spiro atoms. The van der Waals surface area contributed by atoms with Crippen molar-refractivity contribution in [2.45, 2.75) is 37.9 Å². The summed E-state index contributed by atoms with van der Waals surface area (Å²) < 4.78 is 29.1. The normalized spacial score (nSPS) is 13.3. The molecule has 0 saturated heterocycles. The number of carbonyl (C=O) groups excluding carboxylic acids is 1. The summed E-state index contributed by atoms with van der Waals surface area (Å²) in [7, 11) is -3.59. The van der Waals surface area contributed by atoms with Crippen LogP contribution in [0.25, 0.3) is 0 Å². The fourth-order valence-corrected chi connectivity index (χ4v) is 2.70. The Morgan fingerprint density at radius 2 is 1.74 bits per heavy atom. The summed E-state index contributed by atoms with van der Waals surface area (Å²) in [4.78, 5) is 11.6. The van der Waals surface area contributed by atoms with Gasteiger partial charge < -0.3 is 10.5 Å². The van der Waals surface area contributed by atoms with Crippen molar-refractivity contribution in [1.82, 2.24) is 0 Å². The molecule has 0 saturated carbocycles. The van der Waals surface area contributed by atoms with Crippen LogP contribution in [0.15, 0.2) is 24.3 Å². The van der Waals surface area contributed by atoms with Crippen molar-refractivity contribution in [1.29, 1.82) is 0 Å². The van der Waals surface area contributed by atoms with E-state index in [4.69, 9.17) is 10.5 Å².